The van der Waals surface area contributed by atoms with Crippen molar-refractivity contribution in [3.63, 3.8) is 0 Å². The Morgan fingerprint density at radius 3 is 2.88 bits per heavy atom. The minimum atomic E-state index is -0.335. The number of benzene rings is 1. The number of hydrogen-bond donors (Lipinski definition) is 1. The summed E-state index contributed by atoms with van der Waals surface area (Å²) in [5, 5.41) is 3.89. The van der Waals surface area contributed by atoms with Crippen LogP contribution in [0.4, 0.5) is 5.13 Å². The fourth-order valence-corrected chi connectivity index (χ4v) is 2.96. The van der Waals surface area contributed by atoms with Crippen molar-refractivity contribution >= 4 is 34.0 Å². The molecule has 0 saturated heterocycles. The average molecular weight is 363 g/mol. The molecule has 5 nitrogen and oxygen atoms in total. The molecule has 7 heteroatoms. The minimum Gasteiger partial charge on any atom is -0.486 e. The van der Waals surface area contributed by atoms with E-state index in [1.807, 2.05) is 13.8 Å². The van der Waals surface area contributed by atoms with Gasteiger partial charge in [-0.2, -0.15) is 0 Å². The maximum atomic E-state index is 12.2. The minimum absolute atomic E-state index is 0.211. The summed E-state index contributed by atoms with van der Waals surface area (Å²) >= 11 is 7.33. The number of aryl methyl sites for hydroxylation is 2. The van der Waals surface area contributed by atoms with Crippen LogP contribution in [-0.4, -0.2) is 10.9 Å². The van der Waals surface area contributed by atoms with Crippen LogP contribution >= 0.6 is 22.9 Å². The second kappa shape index (κ2) is 7.07. The first-order chi connectivity index (χ1) is 11.5. The Labute approximate surface area is 148 Å². The molecule has 0 radical (unpaired) electrons. The highest BCUT2D eigenvalue weighted by molar-refractivity contribution is 7.15. The molecule has 0 fully saturated rings. The molecule has 1 N–H and O–H groups in total. The third-order valence-corrected chi connectivity index (χ3v) is 4.54. The number of thiazole rings is 1. The van der Waals surface area contributed by atoms with Crippen molar-refractivity contribution in [2.75, 3.05) is 5.32 Å². The van der Waals surface area contributed by atoms with Gasteiger partial charge in [0, 0.05) is 9.90 Å². The Bertz CT molecular complexity index is 853. The Morgan fingerprint density at radius 2 is 2.17 bits per heavy atom. The van der Waals surface area contributed by atoms with Gasteiger partial charge in [-0.1, -0.05) is 17.7 Å². The van der Waals surface area contributed by atoms with Gasteiger partial charge in [-0.25, -0.2) is 4.98 Å². The molecular formula is C17H15ClN2O3S. The van der Waals surface area contributed by atoms with Gasteiger partial charge < -0.3 is 9.15 Å². The molecule has 0 aliphatic heterocycles. The lowest BCUT2D eigenvalue weighted by Gasteiger charge is -2.04. The van der Waals surface area contributed by atoms with E-state index in [4.69, 9.17) is 20.8 Å². The molecule has 0 saturated carbocycles. The summed E-state index contributed by atoms with van der Waals surface area (Å²) in [5.41, 5.74) is 0.908. The van der Waals surface area contributed by atoms with Gasteiger partial charge in [0.25, 0.3) is 5.91 Å². The average Bonchev–Trinajstić information content (AvgIpc) is 3.13. The van der Waals surface area contributed by atoms with Crippen LogP contribution in [-0.2, 0) is 6.61 Å². The van der Waals surface area contributed by atoms with Crippen LogP contribution in [0.15, 0.2) is 40.8 Å². The lowest BCUT2D eigenvalue weighted by molar-refractivity contribution is 0.0992. The van der Waals surface area contributed by atoms with E-state index in [0.717, 1.165) is 10.6 Å². The van der Waals surface area contributed by atoms with E-state index in [1.54, 1.807) is 36.4 Å². The number of hydrogen-bond acceptors (Lipinski definition) is 5. The lowest BCUT2D eigenvalue weighted by Crippen LogP contribution is -2.10. The zero-order chi connectivity index (χ0) is 17.1. The number of carbonyl (C=O) groups excluding carboxylic acids is 1. The van der Waals surface area contributed by atoms with Gasteiger partial charge in [-0.05, 0) is 44.2 Å². The van der Waals surface area contributed by atoms with Crippen molar-refractivity contribution < 1.29 is 13.9 Å². The number of carbonyl (C=O) groups is 1. The normalized spacial score (nSPS) is 10.6. The molecule has 0 aliphatic carbocycles. The smallest absolute Gasteiger partial charge is 0.293 e. The summed E-state index contributed by atoms with van der Waals surface area (Å²) in [4.78, 5) is 17.5. The number of rotatable bonds is 5. The van der Waals surface area contributed by atoms with Gasteiger partial charge >= 0.3 is 0 Å². The van der Waals surface area contributed by atoms with E-state index in [2.05, 4.69) is 10.3 Å². The van der Waals surface area contributed by atoms with E-state index in [0.29, 0.717) is 21.7 Å². The molecule has 2 aromatic heterocycles. The van der Waals surface area contributed by atoms with Crippen molar-refractivity contribution in [2.24, 2.45) is 0 Å². The first kappa shape index (κ1) is 16.5. The van der Waals surface area contributed by atoms with Crippen LogP contribution in [0.25, 0.3) is 0 Å². The highest BCUT2D eigenvalue weighted by atomic mass is 35.5. The molecule has 1 aromatic carbocycles. The van der Waals surface area contributed by atoms with Gasteiger partial charge in [0.05, 0.1) is 5.69 Å². The summed E-state index contributed by atoms with van der Waals surface area (Å²) in [6.45, 7) is 4.07. The van der Waals surface area contributed by atoms with Crippen LogP contribution in [0.1, 0.15) is 26.9 Å². The number of aromatic nitrogens is 1. The molecule has 2 heterocycles. The molecule has 124 valence electrons. The number of nitrogens with zero attached hydrogens (tertiary/aromatic N) is 1. The summed E-state index contributed by atoms with van der Waals surface area (Å²) in [7, 11) is 0. The van der Waals surface area contributed by atoms with Crippen LogP contribution in [0.2, 0.25) is 5.02 Å². The van der Waals surface area contributed by atoms with E-state index in [-0.39, 0.29) is 18.3 Å². The molecule has 0 spiro atoms. The first-order valence-electron chi connectivity index (χ1n) is 7.24. The summed E-state index contributed by atoms with van der Waals surface area (Å²) < 4.78 is 11.1. The zero-order valence-corrected chi connectivity index (χ0v) is 14.7. The quantitative estimate of drug-likeness (QED) is 0.705. The van der Waals surface area contributed by atoms with Crippen LogP contribution in [0.3, 0.4) is 0 Å². The SMILES string of the molecule is Cc1nc(NC(=O)c2ccc(COc3cccc(Cl)c3)o2)sc1C. The highest BCUT2D eigenvalue weighted by Crippen LogP contribution is 2.22. The lowest BCUT2D eigenvalue weighted by atomic mass is 10.3. The molecule has 0 unspecified atom stereocenters. The fraction of sp³-hybridized carbons (Fsp3) is 0.176. The number of halogens is 1. The number of furan rings is 1. The Hall–Kier alpha value is -2.31. The van der Waals surface area contributed by atoms with Crippen LogP contribution in [0.5, 0.6) is 5.75 Å². The number of ether oxygens (including phenoxy) is 1. The zero-order valence-electron chi connectivity index (χ0n) is 13.1. The van der Waals surface area contributed by atoms with Gasteiger partial charge in [-0.3, -0.25) is 10.1 Å². The van der Waals surface area contributed by atoms with Gasteiger partial charge in [0.2, 0.25) is 0 Å². The fourth-order valence-electron chi connectivity index (χ4n) is 1.97. The van der Waals surface area contributed by atoms with Crippen molar-refractivity contribution in [3.05, 3.63) is 63.5 Å². The molecule has 1 amide bonds. The van der Waals surface area contributed by atoms with Crippen LogP contribution in [0, 0.1) is 13.8 Å². The largest absolute Gasteiger partial charge is 0.486 e. The van der Waals surface area contributed by atoms with E-state index < -0.39 is 0 Å². The molecular weight excluding hydrogens is 348 g/mol. The molecule has 3 aromatic rings. The third-order valence-electron chi connectivity index (χ3n) is 3.31. The van der Waals surface area contributed by atoms with Crippen LogP contribution < -0.4 is 10.1 Å². The first-order valence-corrected chi connectivity index (χ1v) is 8.43. The summed E-state index contributed by atoms with van der Waals surface area (Å²) in [6, 6.07) is 10.4. The number of amides is 1. The number of anilines is 1. The summed E-state index contributed by atoms with van der Waals surface area (Å²) in [5.74, 6) is 1.06. The molecule has 0 aliphatic rings. The number of nitrogens with one attached hydrogen (secondary N) is 1. The molecule has 3 rings (SSSR count). The molecule has 24 heavy (non-hydrogen) atoms. The second-order valence-electron chi connectivity index (χ2n) is 5.13. The third kappa shape index (κ3) is 3.96. The monoisotopic (exact) mass is 362 g/mol. The van der Waals surface area contributed by atoms with Crippen molar-refractivity contribution in [1.82, 2.24) is 4.98 Å². The predicted molar refractivity (Wildman–Crippen MR) is 94.0 cm³/mol. The molecule has 0 atom stereocenters. The van der Waals surface area contributed by atoms with Gasteiger partial charge in [0.15, 0.2) is 10.9 Å². The van der Waals surface area contributed by atoms with E-state index in [1.165, 1.54) is 11.3 Å². The maximum Gasteiger partial charge on any atom is 0.293 e. The van der Waals surface area contributed by atoms with E-state index >= 15 is 0 Å². The summed E-state index contributed by atoms with van der Waals surface area (Å²) in [6.07, 6.45) is 0. The standard InChI is InChI=1S/C17H15ClN2O3S/c1-10-11(2)24-17(19-10)20-16(21)15-7-6-14(23-15)9-22-13-5-3-4-12(18)8-13/h3-8H,9H2,1-2H3,(H,19,20,21). The van der Waals surface area contributed by atoms with Gasteiger partial charge in [0.1, 0.15) is 18.1 Å². The Balaban J connectivity index is 1.61. The topological polar surface area (TPSA) is 64.4 Å². The van der Waals surface area contributed by atoms with Crippen molar-refractivity contribution in [1.29, 1.82) is 0 Å². The predicted octanol–water partition coefficient (Wildman–Crippen LogP) is 4.84. The highest BCUT2D eigenvalue weighted by Gasteiger charge is 2.14. The molecule has 0 bridgehead atoms. The van der Waals surface area contributed by atoms with Crippen molar-refractivity contribution in [3.8, 4) is 5.75 Å². The second-order valence-corrected chi connectivity index (χ2v) is 6.77. The Kier molecular flexibility index (Phi) is 4.87. The van der Waals surface area contributed by atoms with Gasteiger partial charge in [-0.15, -0.1) is 11.3 Å². The maximum absolute atomic E-state index is 12.2. The van der Waals surface area contributed by atoms with E-state index in [9.17, 15) is 4.79 Å². The van der Waals surface area contributed by atoms with Crippen molar-refractivity contribution in [2.45, 2.75) is 20.5 Å². The Morgan fingerprint density at radius 1 is 1.33 bits per heavy atom.